The van der Waals surface area contributed by atoms with Gasteiger partial charge in [-0.15, -0.1) is 11.3 Å². The first-order valence-corrected chi connectivity index (χ1v) is 9.68. The summed E-state index contributed by atoms with van der Waals surface area (Å²) in [6, 6.07) is 18.1. The number of aryl methyl sites for hydroxylation is 1. The topological polar surface area (TPSA) is 59.8 Å². The van der Waals surface area contributed by atoms with Crippen LogP contribution >= 0.6 is 11.3 Å². The van der Waals surface area contributed by atoms with Crippen LogP contribution in [0.15, 0.2) is 78.4 Å². The van der Waals surface area contributed by atoms with Crippen LogP contribution in [0.2, 0.25) is 0 Å². The molecule has 1 amide bonds. The number of nitrogens with one attached hydrogen (secondary N) is 1. The fourth-order valence-electron chi connectivity index (χ4n) is 2.76. The zero-order valence-corrected chi connectivity index (χ0v) is 16.1. The normalized spacial score (nSPS) is 11.0. The highest BCUT2D eigenvalue weighted by molar-refractivity contribution is 7.13. The summed E-state index contributed by atoms with van der Waals surface area (Å²) in [5.74, 6) is -0.225. The van der Waals surface area contributed by atoms with Gasteiger partial charge in [-0.25, -0.2) is 9.67 Å². The van der Waals surface area contributed by atoms with Gasteiger partial charge in [0.15, 0.2) is 5.13 Å². The van der Waals surface area contributed by atoms with Crippen molar-refractivity contribution in [1.29, 1.82) is 0 Å². The molecule has 6 heteroatoms. The summed E-state index contributed by atoms with van der Waals surface area (Å²) in [4.78, 5) is 16.3. The number of benzene rings is 2. The van der Waals surface area contributed by atoms with Gasteiger partial charge in [0.1, 0.15) is 0 Å². The van der Waals surface area contributed by atoms with Crippen LogP contribution in [0.4, 0.5) is 5.13 Å². The predicted molar refractivity (Wildman–Crippen MR) is 114 cm³/mol. The van der Waals surface area contributed by atoms with E-state index in [2.05, 4.69) is 29.4 Å². The highest BCUT2D eigenvalue weighted by atomic mass is 32.1. The number of anilines is 1. The smallest absolute Gasteiger partial charge is 0.250 e. The summed E-state index contributed by atoms with van der Waals surface area (Å²) in [7, 11) is 0. The molecule has 0 bridgehead atoms. The van der Waals surface area contributed by atoms with Gasteiger partial charge in [-0.1, -0.05) is 48.0 Å². The lowest BCUT2D eigenvalue weighted by molar-refractivity contribution is -0.111. The SMILES string of the molecule is Cc1ccc(-c2nn(-c3ccccc3)cc2/C=C/C(=O)Nc2nccs2)cc1. The van der Waals surface area contributed by atoms with Crippen LogP contribution < -0.4 is 5.32 Å². The van der Waals surface area contributed by atoms with Gasteiger partial charge in [0, 0.05) is 35.0 Å². The van der Waals surface area contributed by atoms with Crippen molar-refractivity contribution in [3.05, 3.63) is 89.6 Å². The largest absolute Gasteiger partial charge is 0.298 e. The number of aromatic nitrogens is 3. The van der Waals surface area contributed by atoms with E-state index in [1.165, 1.54) is 23.0 Å². The number of hydrogen-bond donors (Lipinski definition) is 1. The summed E-state index contributed by atoms with van der Waals surface area (Å²) >= 11 is 1.38. The Kier molecular flexibility index (Phi) is 5.12. The highest BCUT2D eigenvalue weighted by Crippen LogP contribution is 2.25. The molecule has 4 rings (SSSR count). The zero-order valence-electron chi connectivity index (χ0n) is 15.2. The molecular formula is C22H18N4OS. The van der Waals surface area contributed by atoms with Crippen molar-refractivity contribution in [3.8, 4) is 16.9 Å². The van der Waals surface area contributed by atoms with E-state index >= 15 is 0 Å². The van der Waals surface area contributed by atoms with Crippen LogP contribution in [0.3, 0.4) is 0 Å². The zero-order chi connectivity index (χ0) is 19.3. The molecule has 0 spiro atoms. The van der Waals surface area contributed by atoms with E-state index in [-0.39, 0.29) is 5.91 Å². The van der Waals surface area contributed by atoms with Gasteiger partial charge in [-0.3, -0.25) is 10.1 Å². The van der Waals surface area contributed by atoms with Crippen LogP contribution in [-0.4, -0.2) is 20.7 Å². The van der Waals surface area contributed by atoms with Gasteiger partial charge in [0.25, 0.3) is 0 Å². The molecule has 0 aliphatic heterocycles. The molecule has 0 radical (unpaired) electrons. The molecule has 1 N–H and O–H groups in total. The second-order valence-electron chi connectivity index (χ2n) is 6.24. The average molecular weight is 386 g/mol. The van der Waals surface area contributed by atoms with Crippen LogP contribution in [0.25, 0.3) is 23.0 Å². The molecule has 0 fully saturated rings. The molecule has 0 atom stereocenters. The Morgan fingerprint density at radius 1 is 1.11 bits per heavy atom. The Bertz CT molecular complexity index is 1100. The lowest BCUT2D eigenvalue weighted by Crippen LogP contribution is -2.07. The van der Waals surface area contributed by atoms with Crippen LogP contribution in [0.1, 0.15) is 11.1 Å². The van der Waals surface area contributed by atoms with Gasteiger partial charge < -0.3 is 0 Å². The van der Waals surface area contributed by atoms with Crippen LogP contribution in [-0.2, 0) is 4.79 Å². The second-order valence-corrected chi connectivity index (χ2v) is 7.13. The Balaban J connectivity index is 1.67. The molecule has 28 heavy (non-hydrogen) atoms. The summed E-state index contributed by atoms with van der Waals surface area (Å²) in [5, 5.41) is 9.90. The summed E-state index contributed by atoms with van der Waals surface area (Å²) in [6.45, 7) is 2.05. The van der Waals surface area contributed by atoms with Crippen molar-refractivity contribution in [2.75, 3.05) is 5.32 Å². The lowest BCUT2D eigenvalue weighted by Gasteiger charge is -2.01. The minimum Gasteiger partial charge on any atom is -0.298 e. The minimum absolute atomic E-state index is 0.225. The minimum atomic E-state index is -0.225. The van der Waals surface area contributed by atoms with Crippen LogP contribution in [0.5, 0.6) is 0 Å². The van der Waals surface area contributed by atoms with Crippen molar-refractivity contribution in [2.24, 2.45) is 0 Å². The molecule has 0 aliphatic rings. The van der Waals surface area contributed by atoms with Crippen molar-refractivity contribution in [2.45, 2.75) is 6.92 Å². The van der Waals surface area contributed by atoms with E-state index in [0.29, 0.717) is 5.13 Å². The number of hydrogen-bond acceptors (Lipinski definition) is 4. The number of nitrogens with zero attached hydrogens (tertiary/aromatic N) is 3. The standard InChI is InChI=1S/C22H18N4OS/c1-16-7-9-17(10-8-16)21-18(11-12-20(27)24-22-23-13-14-28-22)15-26(25-21)19-5-3-2-4-6-19/h2-15H,1H3,(H,23,24,27)/b12-11+. The van der Waals surface area contributed by atoms with Crippen molar-refractivity contribution >= 4 is 28.5 Å². The van der Waals surface area contributed by atoms with Crippen molar-refractivity contribution in [3.63, 3.8) is 0 Å². The number of carbonyl (C=O) groups is 1. The van der Waals surface area contributed by atoms with Gasteiger partial charge in [0.2, 0.25) is 5.91 Å². The quantitative estimate of drug-likeness (QED) is 0.493. The molecular weight excluding hydrogens is 368 g/mol. The lowest BCUT2D eigenvalue weighted by atomic mass is 10.1. The van der Waals surface area contributed by atoms with Gasteiger partial charge in [-0.05, 0) is 25.1 Å². The Morgan fingerprint density at radius 2 is 1.89 bits per heavy atom. The molecule has 0 aliphatic carbocycles. The van der Waals surface area contributed by atoms with Gasteiger partial charge in [-0.2, -0.15) is 5.10 Å². The highest BCUT2D eigenvalue weighted by Gasteiger charge is 2.11. The number of rotatable bonds is 5. The predicted octanol–water partition coefficient (Wildman–Crippen LogP) is 4.96. The molecule has 5 nitrogen and oxygen atoms in total. The van der Waals surface area contributed by atoms with Crippen LogP contribution in [0, 0.1) is 6.92 Å². The fourth-order valence-corrected chi connectivity index (χ4v) is 3.29. The first-order valence-electron chi connectivity index (χ1n) is 8.80. The summed E-state index contributed by atoms with van der Waals surface area (Å²) < 4.78 is 1.83. The van der Waals surface area contributed by atoms with E-state index in [4.69, 9.17) is 5.10 Å². The third-order valence-electron chi connectivity index (χ3n) is 4.16. The molecule has 4 aromatic rings. The fraction of sp³-hybridized carbons (Fsp3) is 0.0455. The van der Waals surface area contributed by atoms with Crippen molar-refractivity contribution < 1.29 is 4.79 Å². The third kappa shape index (κ3) is 4.07. The molecule has 2 aromatic carbocycles. The van der Waals surface area contributed by atoms with E-state index < -0.39 is 0 Å². The van der Waals surface area contributed by atoms with E-state index in [9.17, 15) is 4.79 Å². The number of para-hydroxylation sites is 1. The van der Waals surface area contributed by atoms with E-state index in [1.807, 2.05) is 58.7 Å². The monoisotopic (exact) mass is 386 g/mol. The maximum atomic E-state index is 12.2. The molecule has 0 saturated heterocycles. The Morgan fingerprint density at radius 3 is 2.61 bits per heavy atom. The summed E-state index contributed by atoms with van der Waals surface area (Å²) in [5.41, 5.74) is 4.83. The number of amides is 1. The number of carbonyl (C=O) groups excluding carboxylic acids is 1. The maximum Gasteiger partial charge on any atom is 0.250 e. The molecule has 138 valence electrons. The number of thiazole rings is 1. The van der Waals surface area contributed by atoms with E-state index in [0.717, 1.165) is 22.5 Å². The first-order chi connectivity index (χ1) is 13.7. The van der Waals surface area contributed by atoms with E-state index in [1.54, 1.807) is 12.3 Å². The molecule has 2 heterocycles. The average Bonchev–Trinajstić information content (AvgIpc) is 3.38. The third-order valence-corrected chi connectivity index (χ3v) is 4.85. The summed E-state index contributed by atoms with van der Waals surface area (Å²) in [6.07, 6.45) is 6.87. The molecule has 0 unspecified atom stereocenters. The second kappa shape index (κ2) is 8.02. The van der Waals surface area contributed by atoms with Gasteiger partial charge in [0.05, 0.1) is 11.4 Å². The molecule has 2 aromatic heterocycles. The maximum absolute atomic E-state index is 12.2. The first kappa shape index (κ1) is 17.9. The molecule has 0 saturated carbocycles. The van der Waals surface area contributed by atoms with Crippen molar-refractivity contribution in [1.82, 2.24) is 14.8 Å². The van der Waals surface area contributed by atoms with Gasteiger partial charge >= 0.3 is 0 Å². The Hall–Kier alpha value is -3.51. The Labute approximate surface area is 167 Å².